The third kappa shape index (κ3) is 3.76. The number of aromatic nitrogens is 4. The molecule has 7 nitrogen and oxygen atoms in total. The zero-order valence-electron chi connectivity index (χ0n) is 13.2. The monoisotopic (exact) mass is 335 g/mol. The summed E-state index contributed by atoms with van der Waals surface area (Å²) in [6, 6.07) is 9.07. The lowest BCUT2D eigenvalue weighted by atomic mass is 10.2. The third-order valence-electron chi connectivity index (χ3n) is 3.99. The van der Waals surface area contributed by atoms with Gasteiger partial charge in [0, 0.05) is 6.54 Å². The average Bonchev–Trinajstić information content (AvgIpc) is 3.18. The van der Waals surface area contributed by atoms with E-state index < -0.39 is 9.84 Å². The summed E-state index contributed by atoms with van der Waals surface area (Å²) in [6.45, 7) is 4.89. The summed E-state index contributed by atoms with van der Waals surface area (Å²) in [6.07, 6.45) is 2.40. The molecule has 8 heteroatoms. The molecule has 1 aliphatic heterocycles. The van der Waals surface area contributed by atoms with Crippen molar-refractivity contribution in [2.45, 2.75) is 24.9 Å². The maximum absolute atomic E-state index is 12.7. The van der Waals surface area contributed by atoms with Gasteiger partial charge in [0.25, 0.3) is 5.16 Å². The number of sulfone groups is 1. The molecule has 3 rings (SSSR count). The van der Waals surface area contributed by atoms with Crippen LogP contribution >= 0.6 is 0 Å². The second kappa shape index (κ2) is 6.76. The van der Waals surface area contributed by atoms with Crippen LogP contribution in [-0.4, -0.2) is 58.9 Å². The van der Waals surface area contributed by atoms with Crippen molar-refractivity contribution in [1.29, 1.82) is 0 Å². The quantitative estimate of drug-likeness (QED) is 0.788. The number of benzene rings is 1. The Balaban J connectivity index is 1.76. The molecule has 0 amide bonds. The van der Waals surface area contributed by atoms with Crippen molar-refractivity contribution in [2.24, 2.45) is 5.92 Å². The number of hydrogen-bond donors (Lipinski definition) is 0. The van der Waals surface area contributed by atoms with E-state index in [2.05, 4.69) is 20.4 Å². The van der Waals surface area contributed by atoms with Crippen LogP contribution in [0.3, 0.4) is 0 Å². The summed E-state index contributed by atoms with van der Waals surface area (Å²) < 4.78 is 26.7. The molecule has 1 fully saturated rings. The predicted molar refractivity (Wildman–Crippen MR) is 86.0 cm³/mol. The lowest BCUT2D eigenvalue weighted by Crippen LogP contribution is -2.30. The first-order valence-electron chi connectivity index (χ1n) is 7.85. The van der Waals surface area contributed by atoms with E-state index in [1.165, 1.54) is 17.5 Å². The molecule has 1 unspecified atom stereocenters. The molecular weight excluding hydrogens is 314 g/mol. The molecule has 1 saturated heterocycles. The van der Waals surface area contributed by atoms with Crippen molar-refractivity contribution in [3.05, 3.63) is 30.3 Å². The third-order valence-corrected chi connectivity index (χ3v) is 5.81. The Kier molecular flexibility index (Phi) is 4.72. The highest BCUT2D eigenvalue weighted by Crippen LogP contribution is 2.17. The molecular formula is C15H21N5O2S. The Labute approximate surface area is 136 Å². The molecule has 1 aromatic carbocycles. The number of tetrazole rings is 1. The standard InChI is InChI=1S/C15H21N5O2S/c1-13(11-19-9-5-6-10-19)12-23(21,22)15-16-17-18-20(15)14-7-3-2-4-8-14/h2-4,7-8,13H,5-6,9-12H2,1H3. The molecule has 23 heavy (non-hydrogen) atoms. The maximum Gasteiger partial charge on any atom is 0.272 e. The first kappa shape index (κ1) is 16.1. The molecule has 0 aliphatic carbocycles. The number of hydrogen-bond acceptors (Lipinski definition) is 6. The number of likely N-dealkylation sites (tertiary alicyclic amines) is 1. The van der Waals surface area contributed by atoms with E-state index in [-0.39, 0.29) is 16.8 Å². The first-order valence-corrected chi connectivity index (χ1v) is 9.50. The fraction of sp³-hybridized carbons (Fsp3) is 0.533. The van der Waals surface area contributed by atoms with E-state index in [4.69, 9.17) is 0 Å². The molecule has 0 spiro atoms. The van der Waals surface area contributed by atoms with Gasteiger partial charge in [-0.15, -0.1) is 0 Å². The molecule has 2 aromatic rings. The maximum atomic E-state index is 12.7. The van der Waals surface area contributed by atoms with Crippen LogP contribution in [0.25, 0.3) is 5.69 Å². The topological polar surface area (TPSA) is 81.0 Å². The summed E-state index contributed by atoms with van der Waals surface area (Å²) >= 11 is 0. The fourth-order valence-electron chi connectivity index (χ4n) is 3.01. The van der Waals surface area contributed by atoms with Crippen molar-refractivity contribution in [3.8, 4) is 5.69 Å². The van der Waals surface area contributed by atoms with Crippen LogP contribution in [-0.2, 0) is 9.84 Å². The van der Waals surface area contributed by atoms with E-state index >= 15 is 0 Å². The van der Waals surface area contributed by atoms with Crippen molar-refractivity contribution in [3.63, 3.8) is 0 Å². The van der Waals surface area contributed by atoms with Gasteiger partial charge in [0.15, 0.2) is 0 Å². The number of para-hydroxylation sites is 1. The van der Waals surface area contributed by atoms with Gasteiger partial charge in [0.1, 0.15) is 0 Å². The van der Waals surface area contributed by atoms with Crippen LogP contribution in [0, 0.1) is 5.92 Å². The van der Waals surface area contributed by atoms with E-state index in [9.17, 15) is 8.42 Å². The van der Waals surface area contributed by atoms with Crippen LogP contribution in [0.1, 0.15) is 19.8 Å². The minimum Gasteiger partial charge on any atom is -0.303 e. The average molecular weight is 335 g/mol. The van der Waals surface area contributed by atoms with Gasteiger partial charge in [0.05, 0.1) is 11.4 Å². The van der Waals surface area contributed by atoms with E-state index in [1.54, 1.807) is 12.1 Å². The second-order valence-corrected chi connectivity index (χ2v) is 8.03. The van der Waals surface area contributed by atoms with Gasteiger partial charge in [-0.25, -0.2) is 8.42 Å². The van der Waals surface area contributed by atoms with Gasteiger partial charge < -0.3 is 4.90 Å². The molecule has 0 N–H and O–H groups in total. The zero-order valence-corrected chi connectivity index (χ0v) is 14.0. The van der Waals surface area contributed by atoms with Gasteiger partial charge in [-0.1, -0.05) is 30.2 Å². The van der Waals surface area contributed by atoms with E-state index in [1.807, 2.05) is 25.1 Å². The Morgan fingerprint density at radius 3 is 2.57 bits per heavy atom. The largest absolute Gasteiger partial charge is 0.303 e. The van der Waals surface area contributed by atoms with Crippen LogP contribution in [0.5, 0.6) is 0 Å². The lowest BCUT2D eigenvalue weighted by molar-refractivity contribution is 0.299. The van der Waals surface area contributed by atoms with Crippen LogP contribution in [0.2, 0.25) is 0 Å². The highest BCUT2D eigenvalue weighted by atomic mass is 32.2. The normalized spacial score (nSPS) is 17.4. The molecule has 0 bridgehead atoms. The Morgan fingerprint density at radius 1 is 1.17 bits per heavy atom. The highest BCUT2D eigenvalue weighted by Gasteiger charge is 2.27. The van der Waals surface area contributed by atoms with Gasteiger partial charge in [-0.05, 0) is 54.4 Å². The molecule has 0 saturated carbocycles. The van der Waals surface area contributed by atoms with Crippen LogP contribution < -0.4 is 0 Å². The smallest absolute Gasteiger partial charge is 0.272 e. The van der Waals surface area contributed by atoms with Crippen LogP contribution in [0.15, 0.2) is 35.5 Å². The highest BCUT2D eigenvalue weighted by molar-refractivity contribution is 7.91. The van der Waals surface area contributed by atoms with Gasteiger partial charge >= 0.3 is 0 Å². The molecule has 1 aliphatic rings. The SMILES string of the molecule is CC(CN1CCCC1)CS(=O)(=O)c1nnnn1-c1ccccc1. The predicted octanol–water partition coefficient (Wildman–Crippen LogP) is 1.17. The summed E-state index contributed by atoms with van der Waals surface area (Å²) in [7, 11) is -3.54. The van der Waals surface area contributed by atoms with Gasteiger partial charge in [-0.3, -0.25) is 0 Å². The van der Waals surface area contributed by atoms with Crippen LogP contribution in [0.4, 0.5) is 0 Å². The van der Waals surface area contributed by atoms with E-state index in [0.29, 0.717) is 5.69 Å². The first-order chi connectivity index (χ1) is 11.1. The Bertz CT molecular complexity index is 738. The molecule has 124 valence electrons. The van der Waals surface area contributed by atoms with Gasteiger partial charge in [-0.2, -0.15) is 4.68 Å². The second-order valence-electron chi connectivity index (χ2n) is 6.10. The Morgan fingerprint density at radius 2 is 1.87 bits per heavy atom. The lowest BCUT2D eigenvalue weighted by Gasteiger charge is -2.19. The summed E-state index contributed by atoms with van der Waals surface area (Å²) in [5, 5.41) is 11.0. The van der Waals surface area contributed by atoms with Crippen molar-refractivity contribution < 1.29 is 8.42 Å². The van der Waals surface area contributed by atoms with Crippen molar-refractivity contribution >= 4 is 9.84 Å². The summed E-state index contributed by atoms with van der Waals surface area (Å²) in [5.41, 5.74) is 0.642. The minimum absolute atomic E-state index is 0.0408. The number of rotatable bonds is 6. The van der Waals surface area contributed by atoms with Gasteiger partial charge in [0.2, 0.25) is 9.84 Å². The molecule has 1 aromatic heterocycles. The van der Waals surface area contributed by atoms with Crippen molar-refractivity contribution in [2.75, 3.05) is 25.4 Å². The molecule has 2 heterocycles. The fourth-order valence-corrected chi connectivity index (χ4v) is 4.58. The number of nitrogens with zero attached hydrogens (tertiary/aromatic N) is 5. The Hall–Kier alpha value is -1.80. The molecule has 0 radical (unpaired) electrons. The summed E-state index contributed by atoms with van der Waals surface area (Å²) in [4.78, 5) is 2.32. The molecule has 1 atom stereocenters. The van der Waals surface area contributed by atoms with Crippen molar-refractivity contribution in [1.82, 2.24) is 25.1 Å². The van der Waals surface area contributed by atoms with E-state index in [0.717, 1.165) is 19.6 Å². The zero-order chi connectivity index (χ0) is 16.3. The minimum atomic E-state index is -3.54. The summed E-state index contributed by atoms with van der Waals surface area (Å²) in [5.74, 6) is 0.0931.